The molecule has 1 aromatic rings. The number of amides is 2. The third-order valence-electron chi connectivity index (χ3n) is 4.90. The Hall–Kier alpha value is -2.28. The quantitative estimate of drug-likeness (QED) is 0.738. The summed E-state index contributed by atoms with van der Waals surface area (Å²) in [7, 11) is 1.28. The number of benzene rings is 1. The number of methoxy groups -OCH3 is 1. The van der Waals surface area contributed by atoms with Crippen LogP contribution in [-0.4, -0.2) is 66.0 Å². The molecule has 8 heteroatoms. The van der Waals surface area contributed by atoms with Gasteiger partial charge in [-0.05, 0) is 37.6 Å². The Morgan fingerprint density at radius 1 is 1.35 bits per heavy atom. The third kappa shape index (κ3) is 3.23. The molecule has 140 valence electrons. The van der Waals surface area contributed by atoms with E-state index in [1.807, 2.05) is 6.92 Å². The van der Waals surface area contributed by atoms with E-state index in [9.17, 15) is 14.4 Å². The molecule has 26 heavy (non-hydrogen) atoms. The number of esters is 1. The Morgan fingerprint density at radius 2 is 2.08 bits per heavy atom. The average molecular weight is 381 g/mol. The molecular weight excluding hydrogens is 360 g/mol. The van der Waals surface area contributed by atoms with Crippen molar-refractivity contribution < 1.29 is 23.9 Å². The van der Waals surface area contributed by atoms with Crippen LogP contribution < -0.4 is 4.74 Å². The molecule has 2 aliphatic rings. The van der Waals surface area contributed by atoms with Gasteiger partial charge < -0.3 is 19.3 Å². The van der Waals surface area contributed by atoms with Gasteiger partial charge in [-0.15, -0.1) is 0 Å². The Labute approximate surface area is 156 Å². The molecule has 2 saturated heterocycles. The van der Waals surface area contributed by atoms with Crippen molar-refractivity contribution in [2.75, 3.05) is 26.7 Å². The van der Waals surface area contributed by atoms with Gasteiger partial charge in [-0.1, -0.05) is 11.6 Å². The van der Waals surface area contributed by atoms with Gasteiger partial charge in [-0.3, -0.25) is 14.4 Å². The zero-order chi connectivity index (χ0) is 19.1. The zero-order valence-electron chi connectivity index (χ0n) is 15.0. The smallest absolute Gasteiger partial charge is 0.325 e. The Morgan fingerprint density at radius 3 is 2.73 bits per heavy atom. The second-order valence-corrected chi connectivity index (χ2v) is 7.21. The van der Waals surface area contributed by atoms with E-state index in [4.69, 9.17) is 16.3 Å². The first-order valence-corrected chi connectivity index (χ1v) is 8.75. The number of ether oxygens (including phenoxy) is 2. The Kier molecular flexibility index (Phi) is 4.84. The molecule has 0 radical (unpaired) electrons. The summed E-state index contributed by atoms with van der Waals surface area (Å²) in [5, 5.41) is 0.617. The lowest BCUT2D eigenvalue weighted by atomic mass is 10.0. The van der Waals surface area contributed by atoms with Crippen LogP contribution in [-0.2, 0) is 19.1 Å². The molecule has 0 aliphatic carbocycles. The predicted octanol–water partition coefficient (Wildman–Crippen LogP) is 1.40. The monoisotopic (exact) mass is 380 g/mol. The second kappa shape index (κ2) is 6.79. The van der Waals surface area contributed by atoms with Crippen molar-refractivity contribution in [3.63, 3.8) is 0 Å². The molecule has 2 heterocycles. The number of aryl methyl sites for hydroxylation is 1. The molecule has 0 N–H and O–H groups in total. The van der Waals surface area contributed by atoms with Crippen LogP contribution >= 0.6 is 11.6 Å². The highest BCUT2D eigenvalue weighted by Crippen LogP contribution is 2.36. The molecule has 2 unspecified atom stereocenters. The van der Waals surface area contributed by atoms with Crippen LogP contribution in [0, 0.1) is 6.92 Å². The molecule has 3 rings (SSSR count). The Bertz CT molecular complexity index is 768. The topological polar surface area (TPSA) is 76.2 Å². The molecule has 2 atom stereocenters. The number of nitrogens with zero attached hydrogens (tertiary/aromatic N) is 2. The summed E-state index contributed by atoms with van der Waals surface area (Å²) >= 11 is 6.03. The van der Waals surface area contributed by atoms with Gasteiger partial charge >= 0.3 is 5.97 Å². The van der Waals surface area contributed by atoms with E-state index in [1.165, 1.54) is 12.0 Å². The normalized spacial score (nSPS) is 25.3. The summed E-state index contributed by atoms with van der Waals surface area (Å²) in [6.45, 7) is 4.10. The maximum Gasteiger partial charge on any atom is 0.325 e. The SMILES string of the molecule is COC(=O)CN1CCN2C(=O)C(C)(Oc3ccc(Cl)c(C)c3)CC2C1=O. The van der Waals surface area contributed by atoms with Crippen LogP contribution in [0.1, 0.15) is 18.9 Å². The third-order valence-corrected chi connectivity index (χ3v) is 5.32. The van der Waals surface area contributed by atoms with Crippen molar-refractivity contribution in [1.82, 2.24) is 9.80 Å². The van der Waals surface area contributed by atoms with E-state index in [1.54, 1.807) is 30.0 Å². The van der Waals surface area contributed by atoms with E-state index in [-0.39, 0.29) is 24.8 Å². The standard InChI is InChI=1S/C18H21ClN2O5/c1-11-8-12(4-5-13(11)19)26-18(2)9-14-16(23)20(10-15(22)25-3)6-7-21(14)17(18)24/h4-5,8,14H,6-7,9-10H2,1-3H3. The lowest BCUT2D eigenvalue weighted by Gasteiger charge is -2.35. The molecule has 2 fully saturated rings. The van der Waals surface area contributed by atoms with Crippen LogP contribution in [0.2, 0.25) is 5.02 Å². The summed E-state index contributed by atoms with van der Waals surface area (Å²) in [6, 6.07) is 4.56. The van der Waals surface area contributed by atoms with Crippen molar-refractivity contribution in [2.24, 2.45) is 0 Å². The zero-order valence-corrected chi connectivity index (χ0v) is 15.7. The van der Waals surface area contributed by atoms with Gasteiger partial charge in [0.05, 0.1) is 7.11 Å². The van der Waals surface area contributed by atoms with Crippen molar-refractivity contribution in [1.29, 1.82) is 0 Å². The molecule has 0 aromatic heterocycles. The highest BCUT2D eigenvalue weighted by atomic mass is 35.5. The van der Waals surface area contributed by atoms with Gasteiger partial charge in [-0.2, -0.15) is 0 Å². The summed E-state index contributed by atoms with van der Waals surface area (Å²) in [5.41, 5.74) is -0.293. The molecule has 7 nitrogen and oxygen atoms in total. The first-order valence-electron chi connectivity index (χ1n) is 8.37. The van der Waals surface area contributed by atoms with Gasteiger partial charge in [-0.25, -0.2) is 0 Å². The minimum atomic E-state index is -1.14. The van der Waals surface area contributed by atoms with Crippen molar-refractivity contribution in [3.05, 3.63) is 28.8 Å². The van der Waals surface area contributed by atoms with Crippen molar-refractivity contribution in [2.45, 2.75) is 31.9 Å². The molecular formula is C18H21ClN2O5. The van der Waals surface area contributed by atoms with Gasteiger partial charge in [0.1, 0.15) is 18.3 Å². The molecule has 0 bridgehead atoms. The fourth-order valence-corrected chi connectivity index (χ4v) is 3.56. The number of carbonyl (C=O) groups excluding carboxylic acids is 3. The molecule has 0 saturated carbocycles. The van der Waals surface area contributed by atoms with E-state index in [0.717, 1.165) is 5.56 Å². The highest BCUT2D eigenvalue weighted by Gasteiger charge is 2.55. The molecule has 2 aliphatic heterocycles. The highest BCUT2D eigenvalue weighted by molar-refractivity contribution is 6.31. The molecule has 1 aromatic carbocycles. The summed E-state index contributed by atoms with van der Waals surface area (Å²) in [6.07, 6.45) is 0.226. The fourth-order valence-electron chi connectivity index (χ4n) is 3.44. The predicted molar refractivity (Wildman–Crippen MR) is 93.9 cm³/mol. The van der Waals surface area contributed by atoms with E-state index >= 15 is 0 Å². The number of rotatable bonds is 4. The number of piperazine rings is 1. The van der Waals surface area contributed by atoms with Gasteiger partial charge in [0.25, 0.3) is 5.91 Å². The van der Waals surface area contributed by atoms with Crippen LogP contribution in [0.4, 0.5) is 0 Å². The lowest BCUT2D eigenvalue weighted by molar-refractivity contribution is -0.154. The number of fused-ring (bicyclic) bond motifs is 1. The van der Waals surface area contributed by atoms with Gasteiger partial charge in [0, 0.05) is 24.5 Å². The van der Waals surface area contributed by atoms with E-state index in [2.05, 4.69) is 4.74 Å². The Balaban J connectivity index is 1.77. The first kappa shape index (κ1) is 18.5. The lowest BCUT2D eigenvalue weighted by Crippen LogP contribution is -2.56. The van der Waals surface area contributed by atoms with E-state index in [0.29, 0.717) is 23.9 Å². The largest absolute Gasteiger partial charge is 0.478 e. The van der Waals surface area contributed by atoms with Crippen LogP contribution in [0.5, 0.6) is 5.75 Å². The number of hydrogen-bond donors (Lipinski definition) is 0. The first-order chi connectivity index (χ1) is 12.2. The number of halogens is 1. The summed E-state index contributed by atoms with van der Waals surface area (Å²) in [4.78, 5) is 40.0. The minimum Gasteiger partial charge on any atom is -0.478 e. The van der Waals surface area contributed by atoms with Crippen molar-refractivity contribution in [3.8, 4) is 5.75 Å². The van der Waals surface area contributed by atoms with Crippen LogP contribution in [0.15, 0.2) is 18.2 Å². The average Bonchev–Trinajstić information content (AvgIpc) is 2.85. The minimum absolute atomic E-state index is 0.109. The summed E-state index contributed by atoms with van der Waals surface area (Å²) in [5.74, 6) is -0.427. The summed E-state index contributed by atoms with van der Waals surface area (Å²) < 4.78 is 10.6. The molecule has 0 spiro atoms. The van der Waals surface area contributed by atoms with E-state index < -0.39 is 17.6 Å². The molecule has 2 amide bonds. The maximum absolute atomic E-state index is 12.9. The van der Waals surface area contributed by atoms with Crippen LogP contribution in [0.25, 0.3) is 0 Å². The van der Waals surface area contributed by atoms with Gasteiger partial charge in [0.2, 0.25) is 5.91 Å². The van der Waals surface area contributed by atoms with Crippen LogP contribution in [0.3, 0.4) is 0 Å². The number of carbonyl (C=O) groups is 3. The fraction of sp³-hybridized carbons (Fsp3) is 0.500. The number of hydrogen-bond acceptors (Lipinski definition) is 5. The second-order valence-electron chi connectivity index (χ2n) is 6.80. The maximum atomic E-state index is 12.9. The van der Waals surface area contributed by atoms with Gasteiger partial charge in [0.15, 0.2) is 5.60 Å². The van der Waals surface area contributed by atoms with Crippen molar-refractivity contribution >= 4 is 29.4 Å².